The highest BCUT2D eigenvalue weighted by molar-refractivity contribution is 7.89. The van der Waals surface area contributed by atoms with Crippen LogP contribution in [-0.2, 0) is 10.0 Å². The van der Waals surface area contributed by atoms with Crippen molar-refractivity contribution in [1.29, 1.82) is 0 Å². The molecule has 0 atom stereocenters. The predicted molar refractivity (Wildman–Crippen MR) is 108 cm³/mol. The van der Waals surface area contributed by atoms with Gasteiger partial charge in [0, 0.05) is 23.8 Å². The third-order valence-electron chi connectivity index (χ3n) is 4.59. The smallest absolute Gasteiger partial charge is 0.257 e. The van der Waals surface area contributed by atoms with E-state index < -0.39 is 15.9 Å². The normalized spacial score (nSPS) is 15.5. The zero-order valence-corrected chi connectivity index (χ0v) is 17.2. The van der Waals surface area contributed by atoms with Gasteiger partial charge in [0.05, 0.1) is 15.5 Å². The zero-order valence-electron chi connectivity index (χ0n) is 14.8. The molecule has 0 spiro atoms. The Bertz CT molecular complexity index is 971. The van der Waals surface area contributed by atoms with Crippen LogP contribution >= 0.6 is 23.2 Å². The number of hydrogen-bond donors (Lipinski definition) is 1. The number of rotatable bonds is 4. The summed E-state index contributed by atoms with van der Waals surface area (Å²) in [5.41, 5.74) is 1.46. The molecule has 0 saturated carbocycles. The Morgan fingerprint density at radius 2 is 1.74 bits per heavy atom. The number of nitrogens with zero attached hydrogens (tertiary/aromatic N) is 1. The third kappa shape index (κ3) is 4.46. The van der Waals surface area contributed by atoms with E-state index in [-0.39, 0.29) is 15.5 Å². The minimum Gasteiger partial charge on any atom is -0.322 e. The largest absolute Gasteiger partial charge is 0.322 e. The molecule has 8 heteroatoms. The SMILES string of the molecule is Cc1ccc(S(=O)(=O)N2CCCCC2)cc1NC(=O)c1ccc(Cl)cc1Cl. The van der Waals surface area contributed by atoms with Gasteiger partial charge >= 0.3 is 0 Å². The molecule has 0 radical (unpaired) electrons. The number of halogens is 2. The average Bonchev–Trinajstić information content (AvgIpc) is 2.64. The Balaban J connectivity index is 1.88. The van der Waals surface area contributed by atoms with Crippen molar-refractivity contribution in [3.63, 3.8) is 0 Å². The van der Waals surface area contributed by atoms with E-state index in [2.05, 4.69) is 5.32 Å². The lowest BCUT2D eigenvalue weighted by Crippen LogP contribution is -2.35. The molecule has 3 rings (SSSR count). The number of sulfonamides is 1. The van der Waals surface area contributed by atoms with Crippen LogP contribution in [0.25, 0.3) is 0 Å². The first-order chi connectivity index (χ1) is 12.8. The summed E-state index contributed by atoms with van der Waals surface area (Å²) in [6.07, 6.45) is 2.77. The van der Waals surface area contributed by atoms with Crippen molar-refractivity contribution in [2.75, 3.05) is 18.4 Å². The maximum atomic E-state index is 12.9. The van der Waals surface area contributed by atoms with Crippen LogP contribution in [0, 0.1) is 6.92 Å². The number of anilines is 1. The summed E-state index contributed by atoms with van der Waals surface area (Å²) >= 11 is 12.0. The van der Waals surface area contributed by atoms with E-state index in [9.17, 15) is 13.2 Å². The molecule has 144 valence electrons. The first kappa shape index (κ1) is 20.1. The van der Waals surface area contributed by atoms with Gasteiger partial charge in [-0.05, 0) is 55.7 Å². The van der Waals surface area contributed by atoms with E-state index in [4.69, 9.17) is 23.2 Å². The number of nitrogens with one attached hydrogen (secondary N) is 1. The van der Waals surface area contributed by atoms with Gasteiger partial charge < -0.3 is 5.32 Å². The van der Waals surface area contributed by atoms with Crippen molar-refractivity contribution < 1.29 is 13.2 Å². The van der Waals surface area contributed by atoms with Crippen LogP contribution in [0.15, 0.2) is 41.3 Å². The second-order valence-corrected chi connectivity index (χ2v) is 9.30. The fourth-order valence-corrected chi connectivity index (χ4v) is 5.05. The summed E-state index contributed by atoms with van der Waals surface area (Å²) in [6, 6.07) is 9.36. The van der Waals surface area contributed by atoms with E-state index in [1.165, 1.54) is 22.5 Å². The van der Waals surface area contributed by atoms with E-state index in [1.807, 2.05) is 0 Å². The maximum absolute atomic E-state index is 12.9. The highest BCUT2D eigenvalue weighted by atomic mass is 35.5. The Kier molecular flexibility index (Phi) is 6.11. The van der Waals surface area contributed by atoms with Crippen LogP contribution < -0.4 is 5.32 Å². The van der Waals surface area contributed by atoms with Crippen molar-refractivity contribution in [2.45, 2.75) is 31.1 Å². The fraction of sp³-hybridized carbons (Fsp3) is 0.316. The lowest BCUT2D eigenvalue weighted by atomic mass is 10.1. The molecule has 1 aliphatic heterocycles. The minimum atomic E-state index is -3.58. The Hall–Kier alpha value is -1.60. The van der Waals surface area contributed by atoms with Crippen molar-refractivity contribution in [2.24, 2.45) is 0 Å². The molecular weight excluding hydrogens is 407 g/mol. The van der Waals surface area contributed by atoms with Crippen molar-refractivity contribution in [3.05, 3.63) is 57.6 Å². The van der Waals surface area contributed by atoms with Crippen LogP contribution in [0.1, 0.15) is 35.2 Å². The minimum absolute atomic E-state index is 0.174. The number of benzene rings is 2. The maximum Gasteiger partial charge on any atom is 0.257 e. The molecule has 1 aliphatic rings. The lowest BCUT2D eigenvalue weighted by molar-refractivity contribution is 0.102. The number of amides is 1. The number of carbonyl (C=O) groups excluding carboxylic acids is 1. The van der Waals surface area contributed by atoms with Gasteiger partial charge in [0.25, 0.3) is 5.91 Å². The first-order valence-corrected chi connectivity index (χ1v) is 10.9. The number of aryl methyl sites for hydroxylation is 1. The van der Waals surface area contributed by atoms with Gasteiger partial charge in [-0.1, -0.05) is 35.7 Å². The topological polar surface area (TPSA) is 66.5 Å². The first-order valence-electron chi connectivity index (χ1n) is 8.66. The highest BCUT2D eigenvalue weighted by Crippen LogP contribution is 2.27. The molecule has 1 N–H and O–H groups in total. The van der Waals surface area contributed by atoms with Gasteiger partial charge in [-0.25, -0.2) is 8.42 Å². The highest BCUT2D eigenvalue weighted by Gasteiger charge is 2.26. The molecule has 0 aromatic heterocycles. The summed E-state index contributed by atoms with van der Waals surface area (Å²) in [7, 11) is -3.58. The molecule has 27 heavy (non-hydrogen) atoms. The van der Waals surface area contributed by atoms with Gasteiger partial charge in [-0.3, -0.25) is 4.79 Å². The fourth-order valence-electron chi connectivity index (χ4n) is 3.01. The van der Waals surface area contributed by atoms with Gasteiger partial charge in [0.1, 0.15) is 0 Å². The van der Waals surface area contributed by atoms with Crippen LogP contribution in [-0.4, -0.2) is 31.7 Å². The standard InChI is InChI=1S/C19H20Cl2N2O3S/c1-13-5-7-15(27(25,26)23-9-3-2-4-10-23)12-18(13)22-19(24)16-8-6-14(20)11-17(16)21/h5-8,11-12H,2-4,9-10H2,1H3,(H,22,24). The molecule has 5 nitrogen and oxygen atoms in total. The summed E-state index contributed by atoms with van der Waals surface area (Å²) in [5, 5.41) is 3.42. The number of carbonyl (C=O) groups is 1. The monoisotopic (exact) mass is 426 g/mol. The van der Waals surface area contributed by atoms with Gasteiger partial charge in [0.2, 0.25) is 10.0 Å². The second kappa shape index (κ2) is 8.19. The summed E-state index contributed by atoms with van der Waals surface area (Å²) in [4.78, 5) is 12.7. The van der Waals surface area contributed by atoms with Crippen LogP contribution in [0.4, 0.5) is 5.69 Å². The van der Waals surface area contributed by atoms with Crippen LogP contribution in [0.3, 0.4) is 0 Å². The molecule has 0 bridgehead atoms. The zero-order chi connectivity index (χ0) is 19.6. The Morgan fingerprint density at radius 1 is 1.04 bits per heavy atom. The molecule has 0 aliphatic carbocycles. The van der Waals surface area contributed by atoms with Gasteiger partial charge in [-0.15, -0.1) is 0 Å². The predicted octanol–water partition coefficient (Wildman–Crippen LogP) is 4.73. The third-order valence-corrected chi connectivity index (χ3v) is 7.03. The molecule has 1 amide bonds. The lowest BCUT2D eigenvalue weighted by Gasteiger charge is -2.26. The Labute approximate surface area is 169 Å². The van der Waals surface area contributed by atoms with E-state index in [1.54, 1.807) is 25.1 Å². The van der Waals surface area contributed by atoms with E-state index in [0.717, 1.165) is 24.8 Å². The molecule has 0 unspecified atom stereocenters. The molecule has 1 heterocycles. The van der Waals surface area contributed by atoms with Crippen molar-refractivity contribution in [3.8, 4) is 0 Å². The molecule has 1 saturated heterocycles. The van der Waals surface area contributed by atoms with E-state index in [0.29, 0.717) is 23.8 Å². The quantitative estimate of drug-likeness (QED) is 0.767. The molecule has 1 fully saturated rings. The summed E-state index contributed by atoms with van der Waals surface area (Å²) in [6.45, 7) is 2.85. The molecule has 2 aromatic carbocycles. The average molecular weight is 427 g/mol. The van der Waals surface area contributed by atoms with Crippen LogP contribution in [0.2, 0.25) is 10.0 Å². The van der Waals surface area contributed by atoms with Crippen molar-refractivity contribution >= 4 is 44.8 Å². The number of piperidine rings is 1. The summed E-state index contributed by atoms with van der Waals surface area (Å²) < 4.78 is 27.3. The molecule has 2 aromatic rings. The van der Waals surface area contributed by atoms with Crippen LogP contribution in [0.5, 0.6) is 0 Å². The van der Waals surface area contributed by atoms with Gasteiger partial charge in [-0.2, -0.15) is 4.31 Å². The van der Waals surface area contributed by atoms with E-state index >= 15 is 0 Å². The second-order valence-electron chi connectivity index (χ2n) is 6.52. The molecular formula is C19H20Cl2N2O3S. The van der Waals surface area contributed by atoms with Crippen molar-refractivity contribution in [1.82, 2.24) is 4.31 Å². The number of hydrogen-bond acceptors (Lipinski definition) is 3. The Morgan fingerprint density at radius 3 is 2.41 bits per heavy atom. The summed E-state index contributed by atoms with van der Waals surface area (Å²) in [5.74, 6) is -0.424. The van der Waals surface area contributed by atoms with Gasteiger partial charge in [0.15, 0.2) is 0 Å².